The molecule has 0 unspecified atom stereocenters. The molecule has 0 saturated carbocycles. The number of amides is 1. The maximum Gasteiger partial charge on any atom is 0.276 e. The molecule has 0 heterocycles. The number of hydrogen-bond donors (Lipinski definition) is 2. The van der Waals surface area contributed by atoms with Crippen molar-refractivity contribution in [3.63, 3.8) is 0 Å². The molecule has 132 valence electrons. The molecule has 0 aromatic heterocycles. The van der Waals surface area contributed by atoms with E-state index in [0.717, 1.165) is 11.3 Å². The van der Waals surface area contributed by atoms with Crippen LogP contribution in [0.1, 0.15) is 12.5 Å². The van der Waals surface area contributed by atoms with E-state index in [9.17, 15) is 13.2 Å². The van der Waals surface area contributed by atoms with Gasteiger partial charge in [0.2, 0.25) is 5.91 Å². The fourth-order valence-corrected chi connectivity index (χ4v) is 2.79. The Labute approximate surface area is 147 Å². The smallest absolute Gasteiger partial charge is 0.276 e. The van der Waals surface area contributed by atoms with Crippen molar-refractivity contribution in [1.82, 2.24) is 4.83 Å². The van der Waals surface area contributed by atoms with Gasteiger partial charge in [-0.1, -0.05) is 12.1 Å². The zero-order chi connectivity index (χ0) is 18.4. The summed E-state index contributed by atoms with van der Waals surface area (Å²) in [4.78, 5) is 15.2. The first-order valence-corrected chi connectivity index (χ1v) is 8.96. The normalized spacial score (nSPS) is 11.3. The highest BCUT2D eigenvalue weighted by Gasteiger charge is 2.12. The maximum atomic E-state index is 12.2. The summed E-state index contributed by atoms with van der Waals surface area (Å²) in [6.07, 6.45) is 1.43. The Morgan fingerprint density at radius 3 is 2.16 bits per heavy atom. The quantitative estimate of drug-likeness (QED) is 0.609. The highest BCUT2D eigenvalue weighted by atomic mass is 32.2. The molecule has 2 aromatic carbocycles. The van der Waals surface area contributed by atoms with E-state index in [1.165, 1.54) is 37.4 Å². The Morgan fingerprint density at radius 2 is 1.64 bits per heavy atom. The molecule has 0 bridgehead atoms. The van der Waals surface area contributed by atoms with Gasteiger partial charge in [-0.3, -0.25) is 4.79 Å². The van der Waals surface area contributed by atoms with Crippen LogP contribution in [0.25, 0.3) is 0 Å². The summed E-state index contributed by atoms with van der Waals surface area (Å²) < 4.78 is 24.4. The topological polar surface area (TPSA) is 90.9 Å². The van der Waals surface area contributed by atoms with E-state index < -0.39 is 10.0 Å². The third kappa shape index (κ3) is 5.32. The van der Waals surface area contributed by atoms with Crippen molar-refractivity contribution >= 4 is 33.5 Å². The van der Waals surface area contributed by atoms with Crippen molar-refractivity contribution in [2.45, 2.75) is 11.8 Å². The van der Waals surface area contributed by atoms with Gasteiger partial charge in [0, 0.05) is 32.4 Å². The second-order valence-electron chi connectivity index (χ2n) is 5.54. The summed E-state index contributed by atoms with van der Waals surface area (Å²) >= 11 is 0. The molecule has 0 aliphatic heterocycles. The van der Waals surface area contributed by atoms with Gasteiger partial charge < -0.3 is 10.2 Å². The molecule has 25 heavy (non-hydrogen) atoms. The van der Waals surface area contributed by atoms with Gasteiger partial charge in [-0.05, 0) is 42.0 Å². The monoisotopic (exact) mass is 360 g/mol. The minimum atomic E-state index is -3.77. The lowest BCUT2D eigenvalue weighted by molar-refractivity contribution is -0.114. The average molecular weight is 360 g/mol. The summed E-state index contributed by atoms with van der Waals surface area (Å²) in [5, 5.41) is 6.36. The fraction of sp³-hybridized carbons (Fsp3) is 0.176. The predicted octanol–water partition coefficient (Wildman–Crippen LogP) is 2.02. The van der Waals surface area contributed by atoms with E-state index in [-0.39, 0.29) is 10.8 Å². The van der Waals surface area contributed by atoms with E-state index in [2.05, 4.69) is 15.2 Å². The number of anilines is 2. The first-order valence-electron chi connectivity index (χ1n) is 7.48. The van der Waals surface area contributed by atoms with E-state index in [1.54, 1.807) is 0 Å². The molecule has 1 amide bonds. The Morgan fingerprint density at radius 1 is 1.04 bits per heavy atom. The van der Waals surface area contributed by atoms with Crippen LogP contribution in [0.15, 0.2) is 58.5 Å². The van der Waals surface area contributed by atoms with Crippen LogP contribution in [-0.2, 0) is 14.8 Å². The number of sulfonamides is 1. The van der Waals surface area contributed by atoms with E-state index >= 15 is 0 Å². The van der Waals surface area contributed by atoms with Gasteiger partial charge >= 0.3 is 0 Å². The molecule has 0 atom stereocenters. The summed E-state index contributed by atoms with van der Waals surface area (Å²) in [5.74, 6) is -0.224. The highest BCUT2D eigenvalue weighted by Crippen LogP contribution is 2.14. The van der Waals surface area contributed by atoms with Crippen LogP contribution in [0.2, 0.25) is 0 Å². The first kappa shape index (κ1) is 18.5. The Kier molecular flexibility index (Phi) is 5.76. The summed E-state index contributed by atoms with van der Waals surface area (Å²) in [7, 11) is 0.112. The lowest BCUT2D eigenvalue weighted by Crippen LogP contribution is -2.18. The van der Waals surface area contributed by atoms with Crippen molar-refractivity contribution in [2.24, 2.45) is 5.10 Å². The minimum Gasteiger partial charge on any atom is -0.378 e. The van der Waals surface area contributed by atoms with Crippen LogP contribution in [-0.4, -0.2) is 34.6 Å². The molecular formula is C17H20N4O3S. The average Bonchev–Trinajstić information content (AvgIpc) is 2.55. The molecule has 0 fully saturated rings. The number of rotatable bonds is 6. The molecule has 0 aliphatic carbocycles. The second kappa shape index (κ2) is 7.80. The number of nitrogens with zero attached hydrogens (tertiary/aromatic N) is 2. The molecule has 0 aliphatic rings. The van der Waals surface area contributed by atoms with E-state index in [0.29, 0.717) is 5.69 Å². The molecule has 0 saturated heterocycles. The van der Waals surface area contributed by atoms with Crippen molar-refractivity contribution < 1.29 is 13.2 Å². The largest absolute Gasteiger partial charge is 0.378 e. The predicted molar refractivity (Wildman–Crippen MR) is 99.4 cm³/mol. The molecule has 2 rings (SSSR count). The van der Waals surface area contributed by atoms with Crippen LogP contribution < -0.4 is 15.0 Å². The summed E-state index contributed by atoms with van der Waals surface area (Å²) in [5.41, 5.74) is 2.34. The molecule has 7 nitrogen and oxygen atoms in total. The van der Waals surface area contributed by atoms with Gasteiger partial charge in [0.15, 0.2) is 0 Å². The molecule has 0 radical (unpaired) electrons. The lowest BCUT2D eigenvalue weighted by atomic mass is 10.2. The summed E-state index contributed by atoms with van der Waals surface area (Å²) in [6, 6.07) is 13.3. The Hall–Kier alpha value is -2.87. The molecule has 8 heteroatoms. The van der Waals surface area contributed by atoms with Crippen LogP contribution in [0.4, 0.5) is 11.4 Å². The molecule has 2 aromatic rings. The Balaban J connectivity index is 2.04. The van der Waals surface area contributed by atoms with Crippen molar-refractivity contribution in [1.29, 1.82) is 0 Å². The number of carbonyl (C=O) groups is 1. The third-order valence-corrected chi connectivity index (χ3v) is 4.52. The molecular weight excluding hydrogens is 340 g/mol. The number of hydrogen-bond acceptors (Lipinski definition) is 5. The van der Waals surface area contributed by atoms with Crippen molar-refractivity contribution in [3.05, 3.63) is 54.1 Å². The lowest BCUT2D eigenvalue weighted by Gasteiger charge is -2.11. The minimum absolute atomic E-state index is 0.0571. The highest BCUT2D eigenvalue weighted by molar-refractivity contribution is 7.89. The van der Waals surface area contributed by atoms with Crippen LogP contribution in [0.5, 0.6) is 0 Å². The number of hydrazone groups is 1. The molecule has 0 spiro atoms. The SMILES string of the molecule is CC(=O)Nc1ccc(S(=O)(=O)NN=Cc2ccc(N(C)C)cc2)cc1. The van der Waals surface area contributed by atoms with Gasteiger partial charge in [0.25, 0.3) is 10.0 Å². The molecule has 2 N–H and O–H groups in total. The second-order valence-corrected chi connectivity index (χ2v) is 7.21. The number of nitrogens with one attached hydrogen (secondary N) is 2. The maximum absolute atomic E-state index is 12.2. The summed E-state index contributed by atoms with van der Waals surface area (Å²) in [6.45, 7) is 1.38. The van der Waals surface area contributed by atoms with Gasteiger partial charge in [0.05, 0.1) is 11.1 Å². The van der Waals surface area contributed by atoms with Gasteiger partial charge in [-0.15, -0.1) is 0 Å². The fourth-order valence-electron chi connectivity index (χ4n) is 2.00. The van der Waals surface area contributed by atoms with Gasteiger partial charge in [0.1, 0.15) is 0 Å². The standard InChI is InChI=1S/C17H20N4O3S/c1-13(22)19-15-6-10-17(11-7-15)25(23,24)20-18-12-14-4-8-16(9-5-14)21(2)3/h4-12,20H,1-3H3,(H,19,22). The third-order valence-electron chi connectivity index (χ3n) is 3.28. The van der Waals surface area contributed by atoms with Crippen LogP contribution in [0.3, 0.4) is 0 Å². The van der Waals surface area contributed by atoms with Crippen LogP contribution >= 0.6 is 0 Å². The number of carbonyl (C=O) groups excluding carboxylic acids is 1. The van der Waals surface area contributed by atoms with E-state index in [1.807, 2.05) is 43.3 Å². The van der Waals surface area contributed by atoms with E-state index in [4.69, 9.17) is 0 Å². The van der Waals surface area contributed by atoms with Gasteiger partial charge in [-0.25, -0.2) is 4.83 Å². The Bertz CT molecular complexity index is 858. The zero-order valence-corrected chi connectivity index (χ0v) is 15.0. The first-order chi connectivity index (χ1) is 11.8. The van der Waals surface area contributed by atoms with Crippen LogP contribution in [0, 0.1) is 0 Å². The van der Waals surface area contributed by atoms with Gasteiger partial charge in [-0.2, -0.15) is 13.5 Å². The van der Waals surface area contributed by atoms with Crippen molar-refractivity contribution in [2.75, 3.05) is 24.3 Å². The van der Waals surface area contributed by atoms with Crippen molar-refractivity contribution in [3.8, 4) is 0 Å². The number of benzene rings is 2. The zero-order valence-electron chi connectivity index (χ0n) is 14.2.